The van der Waals surface area contributed by atoms with Crippen LogP contribution in [-0.2, 0) is 13.0 Å². The third kappa shape index (κ3) is 3.63. The van der Waals surface area contributed by atoms with Gasteiger partial charge in [0.25, 0.3) is 0 Å². The van der Waals surface area contributed by atoms with Crippen LogP contribution in [0.5, 0.6) is 5.75 Å². The van der Waals surface area contributed by atoms with Crippen LogP contribution in [0.3, 0.4) is 0 Å². The normalized spacial score (nSPS) is 10.4. The van der Waals surface area contributed by atoms with Gasteiger partial charge in [-0.15, -0.1) is 10.2 Å². The van der Waals surface area contributed by atoms with Crippen molar-refractivity contribution in [2.45, 2.75) is 13.0 Å². The molecule has 1 N–H and O–H groups in total. The third-order valence-corrected chi connectivity index (χ3v) is 3.22. The van der Waals surface area contributed by atoms with Gasteiger partial charge in [0.1, 0.15) is 5.75 Å². The van der Waals surface area contributed by atoms with Crippen molar-refractivity contribution in [3.05, 3.63) is 71.9 Å². The average molecular weight is 295 g/mol. The summed E-state index contributed by atoms with van der Waals surface area (Å²) in [7, 11) is 1.65. The molecule has 0 saturated carbocycles. The van der Waals surface area contributed by atoms with Crippen molar-refractivity contribution in [2.24, 2.45) is 0 Å². The van der Waals surface area contributed by atoms with Crippen LogP contribution in [0.15, 0.2) is 59.0 Å². The molecule has 0 atom stereocenters. The van der Waals surface area contributed by atoms with Crippen molar-refractivity contribution in [1.29, 1.82) is 0 Å². The highest BCUT2D eigenvalue weighted by Gasteiger charge is 2.07. The summed E-state index contributed by atoms with van der Waals surface area (Å²) in [5.74, 6) is 1.99. The van der Waals surface area contributed by atoms with Crippen LogP contribution in [0.25, 0.3) is 0 Å². The summed E-state index contributed by atoms with van der Waals surface area (Å²) in [4.78, 5) is 0. The molecule has 0 fully saturated rings. The number of aromatic nitrogens is 2. The Hall–Kier alpha value is -2.82. The molecule has 1 aromatic heterocycles. The molecule has 3 aromatic rings. The summed E-state index contributed by atoms with van der Waals surface area (Å²) in [6, 6.07) is 17.8. The fourth-order valence-electron chi connectivity index (χ4n) is 2.11. The second kappa shape index (κ2) is 6.76. The average Bonchev–Trinajstić information content (AvgIpc) is 3.01. The minimum atomic E-state index is 0.481. The van der Waals surface area contributed by atoms with Crippen molar-refractivity contribution in [2.75, 3.05) is 12.4 Å². The number of nitrogens with zero attached hydrogens (tertiary/aromatic N) is 2. The van der Waals surface area contributed by atoms with Crippen LogP contribution >= 0.6 is 0 Å². The van der Waals surface area contributed by atoms with Crippen LogP contribution in [0.1, 0.15) is 17.3 Å². The predicted octanol–water partition coefficient (Wildman–Crippen LogP) is 3.28. The SMILES string of the molecule is COc1cccc(NCc2nnc(Cc3ccccc3)o2)c1. The molecule has 0 spiro atoms. The van der Waals surface area contributed by atoms with Gasteiger partial charge in [-0.05, 0) is 17.7 Å². The second-order valence-electron chi connectivity index (χ2n) is 4.84. The molecule has 0 saturated heterocycles. The lowest BCUT2D eigenvalue weighted by atomic mass is 10.2. The largest absolute Gasteiger partial charge is 0.497 e. The molecule has 0 aliphatic rings. The first-order chi connectivity index (χ1) is 10.8. The summed E-state index contributed by atoms with van der Waals surface area (Å²) in [6.07, 6.45) is 0.646. The van der Waals surface area contributed by atoms with Crippen molar-refractivity contribution >= 4 is 5.69 Å². The second-order valence-corrected chi connectivity index (χ2v) is 4.84. The van der Waals surface area contributed by atoms with E-state index in [2.05, 4.69) is 15.5 Å². The van der Waals surface area contributed by atoms with Crippen molar-refractivity contribution in [3.8, 4) is 5.75 Å². The quantitative estimate of drug-likeness (QED) is 0.756. The number of anilines is 1. The Morgan fingerprint density at radius 1 is 1.00 bits per heavy atom. The molecule has 0 amide bonds. The Morgan fingerprint density at radius 3 is 2.64 bits per heavy atom. The van der Waals surface area contributed by atoms with E-state index in [1.165, 1.54) is 0 Å². The summed E-state index contributed by atoms with van der Waals surface area (Å²) >= 11 is 0. The molecule has 0 radical (unpaired) electrons. The van der Waals surface area contributed by atoms with Crippen molar-refractivity contribution in [1.82, 2.24) is 10.2 Å². The van der Waals surface area contributed by atoms with Crippen LogP contribution in [0.2, 0.25) is 0 Å². The Labute approximate surface area is 129 Å². The first-order valence-corrected chi connectivity index (χ1v) is 7.06. The molecule has 1 heterocycles. The number of nitrogens with one attached hydrogen (secondary N) is 1. The highest BCUT2D eigenvalue weighted by molar-refractivity contribution is 5.48. The Morgan fingerprint density at radius 2 is 1.82 bits per heavy atom. The van der Waals surface area contributed by atoms with Gasteiger partial charge < -0.3 is 14.5 Å². The van der Waals surface area contributed by atoms with Gasteiger partial charge in [0.15, 0.2) is 0 Å². The first-order valence-electron chi connectivity index (χ1n) is 7.06. The van der Waals surface area contributed by atoms with E-state index >= 15 is 0 Å². The zero-order valence-electron chi connectivity index (χ0n) is 12.3. The molecule has 5 heteroatoms. The summed E-state index contributed by atoms with van der Waals surface area (Å²) in [5.41, 5.74) is 2.10. The molecule has 0 bridgehead atoms. The van der Waals surface area contributed by atoms with Crippen molar-refractivity contribution in [3.63, 3.8) is 0 Å². The number of benzene rings is 2. The first kappa shape index (κ1) is 14.1. The fraction of sp³-hybridized carbons (Fsp3) is 0.176. The zero-order valence-corrected chi connectivity index (χ0v) is 12.3. The molecular formula is C17H17N3O2. The zero-order chi connectivity index (χ0) is 15.2. The summed E-state index contributed by atoms with van der Waals surface area (Å²) in [6.45, 7) is 0.481. The molecule has 22 heavy (non-hydrogen) atoms. The molecule has 0 aliphatic carbocycles. The van der Waals surface area contributed by atoms with Crippen LogP contribution in [-0.4, -0.2) is 17.3 Å². The van der Waals surface area contributed by atoms with E-state index in [1.807, 2.05) is 54.6 Å². The van der Waals surface area contributed by atoms with E-state index in [-0.39, 0.29) is 0 Å². The standard InChI is InChI=1S/C17H17N3O2/c1-21-15-9-5-8-14(11-15)18-12-17-20-19-16(22-17)10-13-6-3-2-4-7-13/h2-9,11,18H,10,12H2,1H3. The molecule has 112 valence electrons. The van der Waals surface area contributed by atoms with E-state index < -0.39 is 0 Å². The lowest BCUT2D eigenvalue weighted by molar-refractivity contribution is 0.415. The molecule has 3 rings (SSSR count). The van der Waals surface area contributed by atoms with E-state index in [4.69, 9.17) is 9.15 Å². The minimum Gasteiger partial charge on any atom is -0.497 e. The van der Waals surface area contributed by atoms with Gasteiger partial charge in [-0.3, -0.25) is 0 Å². The Balaban J connectivity index is 1.59. The molecular weight excluding hydrogens is 278 g/mol. The monoisotopic (exact) mass is 295 g/mol. The maximum atomic E-state index is 5.65. The van der Waals surface area contributed by atoms with Gasteiger partial charge in [0.2, 0.25) is 11.8 Å². The Kier molecular flexibility index (Phi) is 4.34. The fourth-order valence-corrected chi connectivity index (χ4v) is 2.11. The van der Waals surface area contributed by atoms with Gasteiger partial charge in [-0.1, -0.05) is 36.4 Å². The summed E-state index contributed by atoms with van der Waals surface area (Å²) < 4.78 is 10.8. The topological polar surface area (TPSA) is 60.2 Å². The lowest BCUT2D eigenvalue weighted by Crippen LogP contribution is -1.99. The number of ether oxygens (including phenoxy) is 1. The molecule has 0 aliphatic heterocycles. The van der Waals surface area contributed by atoms with Crippen LogP contribution in [0.4, 0.5) is 5.69 Å². The van der Waals surface area contributed by atoms with Gasteiger partial charge >= 0.3 is 0 Å². The van der Waals surface area contributed by atoms with E-state index in [9.17, 15) is 0 Å². The maximum absolute atomic E-state index is 5.65. The lowest BCUT2D eigenvalue weighted by Gasteiger charge is -2.05. The highest BCUT2D eigenvalue weighted by atomic mass is 16.5. The van der Waals surface area contributed by atoms with Gasteiger partial charge in [-0.2, -0.15) is 0 Å². The van der Waals surface area contributed by atoms with Gasteiger partial charge in [0.05, 0.1) is 20.1 Å². The molecule has 2 aromatic carbocycles. The molecule has 0 unspecified atom stereocenters. The van der Waals surface area contributed by atoms with E-state index in [1.54, 1.807) is 7.11 Å². The third-order valence-electron chi connectivity index (χ3n) is 3.22. The van der Waals surface area contributed by atoms with Gasteiger partial charge in [-0.25, -0.2) is 0 Å². The smallest absolute Gasteiger partial charge is 0.235 e. The van der Waals surface area contributed by atoms with Crippen LogP contribution < -0.4 is 10.1 Å². The number of hydrogen-bond acceptors (Lipinski definition) is 5. The maximum Gasteiger partial charge on any atom is 0.235 e. The number of rotatable bonds is 6. The minimum absolute atomic E-state index is 0.481. The van der Waals surface area contributed by atoms with E-state index in [0.29, 0.717) is 24.7 Å². The van der Waals surface area contributed by atoms with Crippen molar-refractivity contribution < 1.29 is 9.15 Å². The van der Waals surface area contributed by atoms with Gasteiger partial charge in [0, 0.05) is 11.8 Å². The summed E-state index contributed by atoms with van der Waals surface area (Å²) in [5, 5.41) is 11.4. The van der Waals surface area contributed by atoms with E-state index in [0.717, 1.165) is 17.0 Å². The number of methoxy groups -OCH3 is 1. The predicted molar refractivity (Wildman–Crippen MR) is 83.9 cm³/mol. The Bertz CT molecular complexity index is 726. The highest BCUT2D eigenvalue weighted by Crippen LogP contribution is 2.17. The molecule has 5 nitrogen and oxygen atoms in total. The van der Waals surface area contributed by atoms with Crippen LogP contribution in [0, 0.1) is 0 Å². The number of hydrogen-bond donors (Lipinski definition) is 1.